The number of rotatable bonds is 5. The number of hydrogen-bond donors (Lipinski definition) is 1. The van der Waals surface area contributed by atoms with E-state index in [1.54, 1.807) is 10.6 Å². The average molecular weight is 280 g/mol. The first-order valence-electron chi connectivity index (χ1n) is 6.57. The lowest BCUT2D eigenvalue weighted by atomic mass is 10.2. The van der Waals surface area contributed by atoms with Crippen LogP contribution in [0.15, 0.2) is 23.0 Å². The van der Waals surface area contributed by atoms with Crippen molar-refractivity contribution in [2.75, 3.05) is 6.54 Å². The van der Waals surface area contributed by atoms with Crippen LogP contribution < -0.4 is 11.3 Å². The Hall–Kier alpha value is -1.39. The number of nitrogens with zero attached hydrogens (tertiary/aromatic N) is 2. The third-order valence-electron chi connectivity index (χ3n) is 3.16. The van der Waals surface area contributed by atoms with Gasteiger partial charge in [-0.15, -0.1) is 0 Å². The van der Waals surface area contributed by atoms with Crippen LogP contribution in [0.3, 0.4) is 0 Å². The lowest BCUT2D eigenvalue weighted by molar-refractivity contribution is 0.569. The van der Waals surface area contributed by atoms with Gasteiger partial charge in [0.15, 0.2) is 0 Å². The summed E-state index contributed by atoms with van der Waals surface area (Å²) in [5.74, 6) is 0.803. The molecular weight excluding hydrogens is 262 g/mol. The minimum Gasteiger partial charge on any atom is -0.330 e. The van der Waals surface area contributed by atoms with Crippen molar-refractivity contribution in [1.29, 1.82) is 0 Å². The van der Waals surface area contributed by atoms with Crippen LogP contribution in [0.1, 0.15) is 25.6 Å². The third-order valence-corrected chi connectivity index (χ3v) is 3.48. The summed E-state index contributed by atoms with van der Waals surface area (Å²) in [5.41, 5.74) is 6.11. The van der Waals surface area contributed by atoms with Crippen LogP contribution in [0.2, 0.25) is 5.02 Å². The zero-order valence-corrected chi connectivity index (χ0v) is 11.8. The first kappa shape index (κ1) is 14.0. The Labute approximate surface area is 117 Å². The number of nitrogens with two attached hydrogens (primary N) is 1. The van der Waals surface area contributed by atoms with E-state index in [-0.39, 0.29) is 5.56 Å². The predicted molar refractivity (Wildman–Crippen MR) is 78.7 cm³/mol. The Balaban J connectivity index is 2.57. The van der Waals surface area contributed by atoms with Crippen LogP contribution in [0, 0.1) is 0 Å². The highest BCUT2D eigenvalue weighted by Crippen LogP contribution is 2.19. The van der Waals surface area contributed by atoms with Gasteiger partial charge >= 0.3 is 0 Å². The van der Waals surface area contributed by atoms with E-state index in [4.69, 9.17) is 17.3 Å². The summed E-state index contributed by atoms with van der Waals surface area (Å²) < 4.78 is 1.73. The van der Waals surface area contributed by atoms with Crippen molar-refractivity contribution in [3.63, 3.8) is 0 Å². The highest BCUT2D eigenvalue weighted by atomic mass is 35.5. The molecule has 0 aliphatic heterocycles. The van der Waals surface area contributed by atoms with E-state index in [1.165, 1.54) is 0 Å². The van der Waals surface area contributed by atoms with Crippen molar-refractivity contribution in [3.8, 4) is 0 Å². The van der Waals surface area contributed by atoms with Crippen molar-refractivity contribution in [3.05, 3.63) is 39.4 Å². The Bertz CT molecular complexity index is 636. The van der Waals surface area contributed by atoms with Crippen LogP contribution in [0.5, 0.6) is 0 Å². The molecule has 2 aromatic rings. The fourth-order valence-corrected chi connectivity index (χ4v) is 2.43. The minimum atomic E-state index is -0.0514. The van der Waals surface area contributed by atoms with Gasteiger partial charge in [-0.3, -0.25) is 9.36 Å². The molecule has 2 rings (SSSR count). The van der Waals surface area contributed by atoms with Crippen LogP contribution in [0.4, 0.5) is 0 Å². The van der Waals surface area contributed by atoms with Crippen molar-refractivity contribution in [2.45, 2.75) is 32.7 Å². The monoisotopic (exact) mass is 279 g/mol. The lowest BCUT2D eigenvalue weighted by Crippen LogP contribution is -2.25. The topological polar surface area (TPSA) is 60.9 Å². The molecule has 0 spiro atoms. The molecule has 0 aliphatic rings. The van der Waals surface area contributed by atoms with E-state index in [2.05, 4.69) is 4.98 Å². The largest absolute Gasteiger partial charge is 0.330 e. The smallest absolute Gasteiger partial charge is 0.262 e. The second kappa shape index (κ2) is 6.17. The fraction of sp³-hybridized carbons (Fsp3) is 0.429. The number of fused-ring (bicyclic) bond motifs is 1. The van der Waals surface area contributed by atoms with Gasteiger partial charge in [-0.05, 0) is 31.5 Å². The minimum absolute atomic E-state index is 0.0514. The highest BCUT2D eigenvalue weighted by molar-refractivity contribution is 6.35. The van der Waals surface area contributed by atoms with E-state index >= 15 is 0 Å². The normalized spacial score (nSPS) is 11.1. The van der Waals surface area contributed by atoms with Gasteiger partial charge < -0.3 is 5.73 Å². The number of halogens is 1. The van der Waals surface area contributed by atoms with Gasteiger partial charge in [0.2, 0.25) is 0 Å². The molecule has 0 radical (unpaired) electrons. The number of benzene rings is 1. The molecule has 0 aliphatic carbocycles. The van der Waals surface area contributed by atoms with Crippen molar-refractivity contribution >= 4 is 22.5 Å². The Kier molecular flexibility index (Phi) is 4.56. The summed E-state index contributed by atoms with van der Waals surface area (Å²) in [6, 6.07) is 5.37. The highest BCUT2D eigenvalue weighted by Gasteiger charge is 2.11. The molecule has 0 saturated heterocycles. The van der Waals surface area contributed by atoms with Crippen LogP contribution in [-0.4, -0.2) is 16.1 Å². The van der Waals surface area contributed by atoms with E-state index in [1.807, 2.05) is 19.1 Å². The maximum absolute atomic E-state index is 12.5. The second-order valence-corrected chi connectivity index (χ2v) is 4.88. The maximum Gasteiger partial charge on any atom is 0.262 e. The molecule has 2 N–H and O–H groups in total. The molecule has 4 nitrogen and oxygen atoms in total. The van der Waals surface area contributed by atoms with Gasteiger partial charge in [-0.1, -0.05) is 24.6 Å². The standard InChI is InChI=1S/C14H18ClN3O/c1-2-12-17-11-7-5-6-10(15)13(11)14(19)18(12)9-4-3-8-16/h5-7H,2-4,8-9,16H2,1H3. The van der Waals surface area contributed by atoms with E-state index < -0.39 is 0 Å². The summed E-state index contributed by atoms with van der Waals surface area (Å²) in [7, 11) is 0. The van der Waals surface area contributed by atoms with E-state index in [0.29, 0.717) is 29.0 Å². The summed E-state index contributed by atoms with van der Waals surface area (Å²) in [5, 5.41) is 0.972. The number of aryl methyl sites for hydroxylation is 1. The van der Waals surface area contributed by atoms with Gasteiger partial charge in [0.1, 0.15) is 5.82 Å². The van der Waals surface area contributed by atoms with Crippen molar-refractivity contribution < 1.29 is 0 Å². The van der Waals surface area contributed by atoms with Crippen LogP contribution >= 0.6 is 11.6 Å². The summed E-state index contributed by atoms with van der Waals surface area (Å²) in [6.07, 6.45) is 2.50. The number of aromatic nitrogens is 2. The zero-order valence-electron chi connectivity index (χ0n) is 11.0. The molecule has 0 bridgehead atoms. The second-order valence-electron chi connectivity index (χ2n) is 4.47. The van der Waals surface area contributed by atoms with Gasteiger partial charge in [-0.25, -0.2) is 4.98 Å². The number of unbranched alkanes of at least 4 members (excludes halogenated alkanes) is 1. The molecule has 0 fully saturated rings. The summed E-state index contributed by atoms with van der Waals surface area (Å²) >= 11 is 6.12. The van der Waals surface area contributed by atoms with Crippen LogP contribution in [-0.2, 0) is 13.0 Å². The molecule has 5 heteroatoms. The molecule has 102 valence electrons. The van der Waals surface area contributed by atoms with Gasteiger partial charge in [-0.2, -0.15) is 0 Å². The van der Waals surface area contributed by atoms with Crippen molar-refractivity contribution in [2.24, 2.45) is 5.73 Å². The molecular formula is C14H18ClN3O. The van der Waals surface area contributed by atoms with Gasteiger partial charge in [0, 0.05) is 13.0 Å². The van der Waals surface area contributed by atoms with E-state index in [9.17, 15) is 4.79 Å². The fourth-order valence-electron chi connectivity index (χ4n) is 2.18. The molecule has 19 heavy (non-hydrogen) atoms. The third kappa shape index (κ3) is 2.80. The molecule has 1 aromatic carbocycles. The average Bonchev–Trinajstić information content (AvgIpc) is 2.41. The SMILES string of the molecule is CCc1nc2cccc(Cl)c2c(=O)n1CCCCN. The first-order valence-corrected chi connectivity index (χ1v) is 6.94. The first-order chi connectivity index (χ1) is 9.19. The quantitative estimate of drug-likeness (QED) is 0.855. The Morgan fingerprint density at radius 2 is 2.16 bits per heavy atom. The van der Waals surface area contributed by atoms with Gasteiger partial charge in [0.25, 0.3) is 5.56 Å². The van der Waals surface area contributed by atoms with E-state index in [0.717, 1.165) is 25.1 Å². The summed E-state index contributed by atoms with van der Waals surface area (Å²) in [6.45, 7) is 3.28. The lowest BCUT2D eigenvalue weighted by Gasteiger charge is -2.12. The molecule has 1 heterocycles. The summed E-state index contributed by atoms with van der Waals surface area (Å²) in [4.78, 5) is 17.1. The zero-order chi connectivity index (χ0) is 13.8. The Morgan fingerprint density at radius 3 is 2.84 bits per heavy atom. The Morgan fingerprint density at radius 1 is 1.37 bits per heavy atom. The van der Waals surface area contributed by atoms with Crippen LogP contribution in [0.25, 0.3) is 10.9 Å². The molecule has 0 saturated carbocycles. The molecule has 1 aromatic heterocycles. The molecule has 0 amide bonds. The van der Waals surface area contributed by atoms with Crippen molar-refractivity contribution in [1.82, 2.24) is 9.55 Å². The molecule has 0 unspecified atom stereocenters. The molecule has 0 atom stereocenters. The maximum atomic E-state index is 12.5. The number of hydrogen-bond acceptors (Lipinski definition) is 3. The van der Waals surface area contributed by atoms with Gasteiger partial charge in [0.05, 0.1) is 15.9 Å². The predicted octanol–water partition coefficient (Wildman–Crippen LogP) is 2.35.